The van der Waals surface area contributed by atoms with Crippen molar-refractivity contribution < 1.29 is 0 Å². The maximum Gasteiger partial charge on any atom is 0.220 e. The van der Waals surface area contributed by atoms with Crippen molar-refractivity contribution in [3.05, 3.63) is 35.5 Å². The second-order valence-electron chi connectivity index (χ2n) is 3.54. The summed E-state index contributed by atoms with van der Waals surface area (Å²) in [7, 11) is 0. The Bertz CT molecular complexity index is 691. The molecule has 0 bridgehead atoms. The minimum Gasteiger partial charge on any atom is -0.368 e. The summed E-state index contributed by atoms with van der Waals surface area (Å²) in [5, 5.41) is 8.51. The van der Waals surface area contributed by atoms with Crippen molar-refractivity contribution in [2.75, 3.05) is 5.73 Å². The van der Waals surface area contributed by atoms with Gasteiger partial charge >= 0.3 is 0 Å². The van der Waals surface area contributed by atoms with E-state index < -0.39 is 0 Å². The lowest BCUT2D eigenvalue weighted by atomic mass is 10.1. The van der Waals surface area contributed by atoms with Gasteiger partial charge in [-0.1, -0.05) is 29.8 Å². The molecule has 0 saturated heterocycles. The van der Waals surface area contributed by atoms with E-state index in [1.807, 2.05) is 24.3 Å². The quantitative estimate of drug-likeness (QED) is 0.689. The SMILES string of the molecule is Nc1ncc(Cl)c(-c2n[nH]c3ccccc23)n1. The second-order valence-corrected chi connectivity index (χ2v) is 3.95. The van der Waals surface area contributed by atoms with E-state index in [2.05, 4.69) is 20.2 Å². The molecule has 84 valence electrons. The topological polar surface area (TPSA) is 80.5 Å². The number of nitrogens with zero attached hydrogens (tertiary/aromatic N) is 3. The molecule has 0 aliphatic heterocycles. The lowest BCUT2D eigenvalue weighted by molar-refractivity contribution is 1.10. The predicted molar refractivity (Wildman–Crippen MR) is 66.5 cm³/mol. The highest BCUT2D eigenvalue weighted by Gasteiger charge is 2.13. The van der Waals surface area contributed by atoms with Crippen LogP contribution in [0.4, 0.5) is 5.95 Å². The summed E-state index contributed by atoms with van der Waals surface area (Å²) in [6.07, 6.45) is 1.47. The van der Waals surface area contributed by atoms with E-state index in [0.717, 1.165) is 10.9 Å². The Balaban J connectivity index is 2.31. The van der Waals surface area contributed by atoms with Gasteiger partial charge in [-0.05, 0) is 6.07 Å². The largest absolute Gasteiger partial charge is 0.368 e. The van der Waals surface area contributed by atoms with Gasteiger partial charge in [-0.3, -0.25) is 5.10 Å². The number of aromatic amines is 1. The highest BCUT2D eigenvalue weighted by molar-refractivity contribution is 6.33. The number of halogens is 1. The Morgan fingerprint density at radius 3 is 2.88 bits per heavy atom. The van der Waals surface area contributed by atoms with Crippen LogP contribution in [0.15, 0.2) is 30.5 Å². The number of benzene rings is 1. The third-order valence-corrected chi connectivity index (χ3v) is 2.73. The Morgan fingerprint density at radius 1 is 1.18 bits per heavy atom. The van der Waals surface area contributed by atoms with Crippen molar-refractivity contribution in [1.29, 1.82) is 0 Å². The molecule has 0 unspecified atom stereocenters. The number of H-pyrrole nitrogens is 1. The van der Waals surface area contributed by atoms with Crippen LogP contribution in [0.3, 0.4) is 0 Å². The zero-order valence-corrected chi connectivity index (χ0v) is 9.44. The molecule has 0 fully saturated rings. The molecule has 6 heteroatoms. The molecular weight excluding hydrogens is 238 g/mol. The summed E-state index contributed by atoms with van der Waals surface area (Å²) in [6, 6.07) is 7.74. The maximum absolute atomic E-state index is 6.05. The smallest absolute Gasteiger partial charge is 0.220 e. The fourth-order valence-electron chi connectivity index (χ4n) is 1.69. The summed E-state index contributed by atoms with van der Waals surface area (Å²) in [6.45, 7) is 0. The van der Waals surface area contributed by atoms with Gasteiger partial charge in [0.05, 0.1) is 16.7 Å². The zero-order chi connectivity index (χ0) is 11.8. The number of fused-ring (bicyclic) bond motifs is 1. The molecule has 3 N–H and O–H groups in total. The van der Waals surface area contributed by atoms with E-state index in [4.69, 9.17) is 17.3 Å². The fraction of sp³-hybridized carbons (Fsp3) is 0. The molecule has 0 radical (unpaired) electrons. The summed E-state index contributed by atoms with van der Waals surface area (Å²) in [4.78, 5) is 7.94. The fourth-order valence-corrected chi connectivity index (χ4v) is 1.87. The highest BCUT2D eigenvalue weighted by Crippen LogP contribution is 2.29. The summed E-state index contributed by atoms with van der Waals surface area (Å²) >= 11 is 6.05. The summed E-state index contributed by atoms with van der Waals surface area (Å²) in [5.74, 6) is 0.177. The molecule has 0 aliphatic rings. The van der Waals surface area contributed by atoms with Crippen LogP contribution in [0.25, 0.3) is 22.3 Å². The van der Waals surface area contributed by atoms with E-state index in [1.54, 1.807) is 0 Å². The van der Waals surface area contributed by atoms with Gasteiger partial charge in [0.25, 0.3) is 0 Å². The molecule has 2 aromatic heterocycles. The van der Waals surface area contributed by atoms with Crippen LogP contribution >= 0.6 is 11.6 Å². The average molecular weight is 246 g/mol. The van der Waals surface area contributed by atoms with Gasteiger partial charge in [-0.2, -0.15) is 5.10 Å². The molecule has 2 heterocycles. The molecule has 0 atom stereocenters. The highest BCUT2D eigenvalue weighted by atomic mass is 35.5. The molecular formula is C11H8ClN5. The number of nitrogens with two attached hydrogens (primary N) is 1. The van der Waals surface area contributed by atoms with Crippen LogP contribution in [0.2, 0.25) is 5.02 Å². The van der Waals surface area contributed by atoms with Crippen LogP contribution in [0, 0.1) is 0 Å². The Labute approximate surface area is 102 Å². The third-order valence-electron chi connectivity index (χ3n) is 2.46. The number of anilines is 1. The first-order valence-electron chi connectivity index (χ1n) is 4.97. The van der Waals surface area contributed by atoms with Gasteiger partial charge < -0.3 is 5.73 Å². The number of aromatic nitrogens is 4. The van der Waals surface area contributed by atoms with E-state index in [1.165, 1.54) is 6.20 Å². The van der Waals surface area contributed by atoms with Crippen LogP contribution in [-0.4, -0.2) is 20.2 Å². The monoisotopic (exact) mass is 245 g/mol. The third kappa shape index (κ3) is 1.60. The number of hydrogen-bond donors (Lipinski definition) is 2. The van der Waals surface area contributed by atoms with Gasteiger partial charge in [0.15, 0.2) is 0 Å². The lowest BCUT2D eigenvalue weighted by Crippen LogP contribution is -1.96. The number of nitrogens with one attached hydrogen (secondary N) is 1. The van der Waals surface area contributed by atoms with Gasteiger partial charge in [-0.15, -0.1) is 0 Å². The molecule has 17 heavy (non-hydrogen) atoms. The maximum atomic E-state index is 6.05. The molecule has 3 rings (SSSR count). The standard InChI is InChI=1S/C11H8ClN5/c12-7-5-14-11(13)15-10(7)9-6-3-1-2-4-8(6)16-17-9/h1-5H,(H,16,17)(H2,13,14,15). The van der Waals surface area contributed by atoms with E-state index in [9.17, 15) is 0 Å². The van der Waals surface area contributed by atoms with Crippen LogP contribution in [0.1, 0.15) is 0 Å². The number of hydrogen-bond acceptors (Lipinski definition) is 4. The number of nitrogen functional groups attached to an aromatic ring is 1. The summed E-state index contributed by atoms with van der Waals surface area (Å²) in [5.41, 5.74) is 7.70. The van der Waals surface area contributed by atoms with Gasteiger partial charge in [-0.25, -0.2) is 9.97 Å². The van der Waals surface area contributed by atoms with Gasteiger partial charge in [0.1, 0.15) is 11.4 Å². The van der Waals surface area contributed by atoms with Crippen molar-refractivity contribution in [3.8, 4) is 11.4 Å². The summed E-state index contributed by atoms with van der Waals surface area (Å²) < 4.78 is 0. The molecule has 0 saturated carbocycles. The van der Waals surface area contributed by atoms with Crippen molar-refractivity contribution in [3.63, 3.8) is 0 Å². The minimum absolute atomic E-state index is 0.177. The van der Waals surface area contributed by atoms with Crippen molar-refractivity contribution in [2.24, 2.45) is 0 Å². The average Bonchev–Trinajstić information content (AvgIpc) is 2.76. The molecule has 0 spiro atoms. The van der Waals surface area contributed by atoms with E-state index in [-0.39, 0.29) is 5.95 Å². The first-order valence-corrected chi connectivity index (χ1v) is 5.35. The van der Waals surface area contributed by atoms with Crippen molar-refractivity contribution in [2.45, 2.75) is 0 Å². The van der Waals surface area contributed by atoms with Gasteiger partial charge in [0.2, 0.25) is 5.95 Å². The lowest BCUT2D eigenvalue weighted by Gasteiger charge is -2.00. The Kier molecular flexibility index (Phi) is 2.19. The number of para-hydroxylation sites is 1. The Hall–Kier alpha value is -2.14. The molecule has 3 aromatic rings. The van der Waals surface area contributed by atoms with Crippen LogP contribution in [0.5, 0.6) is 0 Å². The second kappa shape index (κ2) is 3.71. The van der Waals surface area contributed by atoms with Crippen molar-refractivity contribution >= 4 is 28.5 Å². The minimum atomic E-state index is 0.177. The zero-order valence-electron chi connectivity index (χ0n) is 8.68. The normalized spacial score (nSPS) is 10.9. The molecule has 0 aliphatic carbocycles. The first kappa shape index (κ1) is 10.0. The Morgan fingerprint density at radius 2 is 2.00 bits per heavy atom. The van der Waals surface area contributed by atoms with E-state index >= 15 is 0 Å². The van der Waals surface area contributed by atoms with Crippen molar-refractivity contribution in [1.82, 2.24) is 20.2 Å². The molecule has 1 aromatic carbocycles. The number of rotatable bonds is 1. The first-order chi connectivity index (χ1) is 8.25. The van der Waals surface area contributed by atoms with Gasteiger partial charge in [0, 0.05) is 5.39 Å². The van der Waals surface area contributed by atoms with Crippen LogP contribution in [-0.2, 0) is 0 Å². The van der Waals surface area contributed by atoms with E-state index in [0.29, 0.717) is 16.4 Å². The van der Waals surface area contributed by atoms with Crippen LogP contribution < -0.4 is 5.73 Å². The predicted octanol–water partition coefficient (Wildman–Crippen LogP) is 2.26. The molecule has 0 amide bonds. The molecule has 5 nitrogen and oxygen atoms in total.